The van der Waals surface area contributed by atoms with Crippen molar-refractivity contribution < 1.29 is 14.3 Å². The van der Waals surface area contributed by atoms with Crippen LogP contribution in [-0.2, 0) is 4.79 Å². The number of nitrogens with one attached hydrogen (secondary N) is 1. The lowest BCUT2D eigenvalue weighted by molar-refractivity contribution is -0.116. The number of nitrogens with zero attached hydrogens (tertiary/aromatic N) is 1. The van der Waals surface area contributed by atoms with Gasteiger partial charge in [-0.1, -0.05) is 18.9 Å². The number of carbonyl (C=O) groups is 1. The summed E-state index contributed by atoms with van der Waals surface area (Å²) >= 11 is 0. The van der Waals surface area contributed by atoms with E-state index < -0.39 is 0 Å². The van der Waals surface area contributed by atoms with E-state index >= 15 is 0 Å². The first kappa shape index (κ1) is 15.9. The Morgan fingerprint density at radius 2 is 2.24 bits per heavy atom. The van der Waals surface area contributed by atoms with Crippen molar-refractivity contribution in [1.82, 2.24) is 4.90 Å². The number of hydrogen-bond donors (Lipinski definition) is 2. The van der Waals surface area contributed by atoms with Crippen LogP contribution in [0.15, 0.2) is 24.3 Å². The topological polar surface area (TPSA) is 52.6 Å². The van der Waals surface area contributed by atoms with Crippen LogP contribution in [0.1, 0.15) is 32.1 Å². The highest BCUT2D eigenvalue weighted by molar-refractivity contribution is 5.90. The maximum atomic E-state index is 13.0. The average Bonchev–Trinajstić information content (AvgIpc) is 2.70. The number of likely N-dealkylation sites (tertiary alicyclic amines) is 1. The number of rotatable bonds is 5. The first-order valence-corrected chi connectivity index (χ1v) is 7.59. The highest BCUT2D eigenvalue weighted by Crippen LogP contribution is 2.17. The predicted molar refractivity (Wildman–Crippen MR) is 80.6 cm³/mol. The van der Waals surface area contributed by atoms with Crippen LogP contribution in [0.4, 0.5) is 10.1 Å². The van der Waals surface area contributed by atoms with Gasteiger partial charge in [-0.3, -0.25) is 9.69 Å². The van der Waals surface area contributed by atoms with Crippen LogP contribution in [0.25, 0.3) is 0 Å². The number of hydrogen-bond acceptors (Lipinski definition) is 3. The van der Waals surface area contributed by atoms with Gasteiger partial charge in [-0.15, -0.1) is 0 Å². The van der Waals surface area contributed by atoms with Crippen LogP contribution in [0.3, 0.4) is 0 Å². The molecule has 5 heteroatoms. The van der Waals surface area contributed by atoms with Crippen LogP contribution in [0.5, 0.6) is 0 Å². The molecule has 0 saturated carbocycles. The van der Waals surface area contributed by atoms with E-state index in [1.165, 1.54) is 18.6 Å². The van der Waals surface area contributed by atoms with E-state index in [9.17, 15) is 14.3 Å². The van der Waals surface area contributed by atoms with Gasteiger partial charge in [0.1, 0.15) is 5.82 Å². The summed E-state index contributed by atoms with van der Waals surface area (Å²) in [5, 5.41) is 12.1. The van der Waals surface area contributed by atoms with Crippen LogP contribution in [-0.4, -0.2) is 41.7 Å². The summed E-state index contributed by atoms with van der Waals surface area (Å²) in [6, 6.07) is 6.05. The molecule has 1 heterocycles. The number of halogens is 1. The van der Waals surface area contributed by atoms with E-state index in [4.69, 9.17) is 0 Å². The molecule has 116 valence electrons. The van der Waals surface area contributed by atoms with E-state index in [0.717, 1.165) is 25.8 Å². The lowest BCUT2D eigenvalue weighted by Gasteiger charge is -2.28. The van der Waals surface area contributed by atoms with Gasteiger partial charge in [-0.25, -0.2) is 4.39 Å². The summed E-state index contributed by atoms with van der Waals surface area (Å²) in [5.74, 6) is -0.484. The fourth-order valence-electron chi connectivity index (χ4n) is 2.77. The van der Waals surface area contributed by atoms with Crippen LogP contribution >= 0.6 is 0 Å². The molecule has 0 aromatic heterocycles. The van der Waals surface area contributed by atoms with Crippen LogP contribution in [0, 0.1) is 5.82 Å². The molecule has 0 aliphatic carbocycles. The monoisotopic (exact) mass is 294 g/mol. The lowest BCUT2D eigenvalue weighted by atomic mass is 10.1. The van der Waals surface area contributed by atoms with Crippen LogP contribution in [0.2, 0.25) is 0 Å². The minimum absolute atomic E-state index is 0.124. The Kier molecular flexibility index (Phi) is 6.14. The molecule has 1 aliphatic rings. The van der Waals surface area contributed by atoms with Gasteiger partial charge >= 0.3 is 0 Å². The second-order valence-electron chi connectivity index (χ2n) is 5.53. The van der Waals surface area contributed by atoms with Crippen molar-refractivity contribution in [2.24, 2.45) is 0 Å². The molecule has 1 fully saturated rings. The van der Waals surface area contributed by atoms with Gasteiger partial charge in [0.05, 0.1) is 6.61 Å². The molecule has 2 rings (SSSR count). The molecule has 1 aliphatic heterocycles. The van der Waals surface area contributed by atoms with Gasteiger partial charge in [0.15, 0.2) is 0 Å². The molecule has 1 atom stereocenters. The molecule has 0 bridgehead atoms. The fourth-order valence-corrected chi connectivity index (χ4v) is 2.77. The van der Waals surface area contributed by atoms with Gasteiger partial charge in [0.2, 0.25) is 5.91 Å². The third kappa shape index (κ3) is 5.10. The Morgan fingerprint density at radius 1 is 1.38 bits per heavy atom. The molecule has 0 radical (unpaired) electrons. The summed E-state index contributed by atoms with van der Waals surface area (Å²) in [6.07, 6.45) is 4.77. The molecule has 1 unspecified atom stereocenters. The molecule has 2 N–H and O–H groups in total. The molecule has 1 saturated heterocycles. The number of carbonyl (C=O) groups excluding carboxylic acids is 1. The van der Waals surface area contributed by atoms with Crippen molar-refractivity contribution in [3.05, 3.63) is 30.1 Å². The minimum atomic E-state index is -0.360. The quantitative estimate of drug-likeness (QED) is 0.876. The van der Waals surface area contributed by atoms with Gasteiger partial charge in [-0.2, -0.15) is 0 Å². The Morgan fingerprint density at radius 3 is 3.00 bits per heavy atom. The third-order valence-electron chi connectivity index (χ3n) is 3.94. The first-order valence-electron chi connectivity index (χ1n) is 7.59. The molecule has 1 amide bonds. The standard InChI is InChI=1S/C16H23FN2O2/c17-13-5-4-6-14(11-13)18-16(21)8-10-19-9-3-1-2-7-15(19)12-20/h4-6,11,15,20H,1-3,7-10,12H2,(H,18,21). The van der Waals surface area contributed by atoms with E-state index in [0.29, 0.717) is 18.7 Å². The zero-order valence-corrected chi connectivity index (χ0v) is 12.2. The smallest absolute Gasteiger partial charge is 0.225 e. The molecule has 1 aromatic carbocycles. The molecule has 0 spiro atoms. The predicted octanol–water partition coefficient (Wildman–Crippen LogP) is 2.39. The highest BCUT2D eigenvalue weighted by atomic mass is 19.1. The fraction of sp³-hybridized carbons (Fsp3) is 0.562. The lowest BCUT2D eigenvalue weighted by Crippen LogP contribution is -2.39. The van der Waals surface area contributed by atoms with Crippen molar-refractivity contribution >= 4 is 11.6 Å². The summed E-state index contributed by atoms with van der Waals surface area (Å²) in [7, 11) is 0. The number of benzene rings is 1. The van der Waals surface area contributed by atoms with E-state index in [-0.39, 0.29) is 24.4 Å². The summed E-state index contributed by atoms with van der Waals surface area (Å²) in [5.41, 5.74) is 0.481. The summed E-state index contributed by atoms with van der Waals surface area (Å²) in [4.78, 5) is 14.1. The highest BCUT2D eigenvalue weighted by Gasteiger charge is 2.20. The summed E-state index contributed by atoms with van der Waals surface area (Å²) in [6.45, 7) is 1.70. The molecular formula is C16H23FN2O2. The van der Waals surface area contributed by atoms with Crippen molar-refractivity contribution in [2.75, 3.05) is 25.0 Å². The molecule has 4 nitrogen and oxygen atoms in total. The molecule has 21 heavy (non-hydrogen) atoms. The average molecular weight is 294 g/mol. The maximum Gasteiger partial charge on any atom is 0.225 e. The zero-order valence-electron chi connectivity index (χ0n) is 12.2. The number of anilines is 1. The third-order valence-corrected chi connectivity index (χ3v) is 3.94. The Labute approximate surface area is 125 Å². The second-order valence-corrected chi connectivity index (χ2v) is 5.53. The Bertz CT molecular complexity index is 467. The minimum Gasteiger partial charge on any atom is -0.395 e. The maximum absolute atomic E-state index is 13.0. The van der Waals surface area contributed by atoms with E-state index in [2.05, 4.69) is 10.2 Å². The van der Waals surface area contributed by atoms with Gasteiger partial charge in [-0.05, 0) is 37.6 Å². The second kappa shape index (κ2) is 8.10. The van der Waals surface area contributed by atoms with E-state index in [1.54, 1.807) is 12.1 Å². The SMILES string of the molecule is O=C(CCN1CCCCCC1CO)Nc1cccc(F)c1. The van der Waals surface area contributed by atoms with Crippen molar-refractivity contribution in [2.45, 2.75) is 38.1 Å². The van der Waals surface area contributed by atoms with Crippen LogP contribution < -0.4 is 5.32 Å². The number of aliphatic hydroxyl groups is 1. The van der Waals surface area contributed by atoms with E-state index in [1.807, 2.05) is 0 Å². The van der Waals surface area contributed by atoms with Gasteiger partial charge < -0.3 is 10.4 Å². The Balaban J connectivity index is 1.82. The first-order chi connectivity index (χ1) is 10.2. The van der Waals surface area contributed by atoms with Crippen molar-refractivity contribution in [3.8, 4) is 0 Å². The van der Waals surface area contributed by atoms with Gasteiger partial charge in [0.25, 0.3) is 0 Å². The van der Waals surface area contributed by atoms with Crippen molar-refractivity contribution in [3.63, 3.8) is 0 Å². The summed E-state index contributed by atoms with van der Waals surface area (Å²) < 4.78 is 13.0. The normalized spacial score (nSPS) is 20.0. The zero-order chi connectivity index (χ0) is 15.1. The Hall–Kier alpha value is -1.46. The number of amides is 1. The largest absolute Gasteiger partial charge is 0.395 e. The van der Waals surface area contributed by atoms with Gasteiger partial charge in [0, 0.05) is 24.7 Å². The van der Waals surface area contributed by atoms with Crippen molar-refractivity contribution in [1.29, 1.82) is 0 Å². The molecule has 1 aromatic rings. The number of aliphatic hydroxyl groups excluding tert-OH is 1. The molecular weight excluding hydrogens is 271 g/mol.